The van der Waals surface area contributed by atoms with E-state index in [1.165, 1.54) is 24.3 Å². The van der Waals surface area contributed by atoms with Gasteiger partial charge in [0.2, 0.25) is 15.9 Å². The molecule has 0 aromatic heterocycles. The van der Waals surface area contributed by atoms with Gasteiger partial charge in [0.15, 0.2) is 0 Å². The maximum Gasteiger partial charge on any atom is 0.304 e. The Morgan fingerprint density at radius 1 is 1.10 bits per heavy atom. The predicted octanol–water partition coefficient (Wildman–Crippen LogP) is 6.16. The number of likely N-dealkylation sites (tertiary alicyclic amines) is 1. The van der Waals surface area contributed by atoms with Crippen molar-refractivity contribution in [2.45, 2.75) is 56.0 Å². The fourth-order valence-electron chi connectivity index (χ4n) is 5.74. The van der Waals surface area contributed by atoms with Crippen molar-refractivity contribution in [3.63, 3.8) is 0 Å². The number of amides is 1. The van der Waals surface area contributed by atoms with Crippen molar-refractivity contribution >= 4 is 45.1 Å². The molecular formula is C31H31Cl2N3O5S. The summed E-state index contributed by atoms with van der Waals surface area (Å²) in [5, 5.41) is 20.0. The van der Waals surface area contributed by atoms with Gasteiger partial charge in [-0.05, 0) is 66.4 Å². The number of aliphatic carboxylic acids is 1. The molecule has 220 valence electrons. The zero-order valence-electron chi connectivity index (χ0n) is 23.1. The number of hydrogen-bond donors (Lipinski definition) is 2. The Bertz CT molecular complexity index is 1620. The molecule has 4 unspecified atom stereocenters. The van der Waals surface area contributed by atoms with E-state index in [2.05, 4.69) is 4.72 Å². The summed E-state index contributed by atoms with van der Waals surface area (Å²) in [4.78, 5) is 27.9. The molecule has 1 heterocycles. The van der Waals surface area contributed by atoms with Crippen LogP contribution in [0.15, 0.2) is 77.7 Å². The van der Waals surface area contributed by atoms with Crippen LogP contribution < -0.4 is 4.72 Å². The van der Waals surface area contributed by atoms with E-state index >= 15 is 0 Å². The molecule has 4 rings (SSSR count). The van der Waals surface area contributed by atoms with E-state index in [0.717, 1.165) is 11.1 Å². The summed E-state index contributed by atoms with van der Waals surface area (Å²) < 4.78 is 29.1. The Balaban J connectivity index is 1.82. The van der Waals surface area contributed by atoms with Crippen molar-refractivity contribution in [1.82, 2.24) is 9.62 Å². The molecule has 1 aliphatic heterocycles. The second-order valence-corrected chi connectivity index (χ2v) is 13.4. The summed E-state index contributed by atoms with van der Waals surface area (Å²) in [6.45, 7) is 3.37. The minimum absolute atomic E-state index is 0.0665. The minimum Gasteiger partial charge on any atom is -0.481 e. The van der Waals surface area contributed by atoms with Crippen LogP contribution in [0.25, 0.3) is 0 Å². The number of nitrogens with zero attached hydrogens (tertiary/aromatic N) is 2. The van der Waals surface area contributed by atoms with Crippen molar-refractivity contribution in [2.24, 2.45) is 5.41 Å². The lowest BCUT2D eigenvalue weighted by molar-refractivity contribution is -0.160. The second kappa shape index (κ2) is 12.8. The number of hydrogen-bond acceptors (Lipinski definition) is 5. The Kier molecular flexibility index (Phi) is 9.63. The van der Waals surface area contributed by atoms with Gasteiger partial charge in [0, 0.05) is 28.5 Å². The van der Waals surface area contributed by atoms with Gasteiger partial charge in [0.25, 0.3) is 0 Å². The molecule has 0 saturated carbocycles. The van der Waals surface area contributed by atoms with Crippen LogP contribution in [0.5, 0.6) is 0 Å². The number of nitrogens with one attached hydrogen (secondary N) is 1. The van der Waals surface area contributed by atoms with E-state index in [0.29, 0.717) is 16.5 Å². The summed E-state index contributed by atoms with van der Waals surface area (Å²) in [5.41, 5.74) is 0.543. The number of halogens is 2. The van der Waals surface area contributed by atoms with Crippen molar-refractivity contribution in [2.75, 3.05) is 6.54 Å². The molecular weight excluding hydrogens is 597 g/mol. The quantitative estimate of drug-likeness (QED) is 0.277. The standard InChI is InChI=1S/C31H31Cl2N3O5S/c1-3-25(19-35-42(40,41)26-9-4-6-20(14-26)18-34)36-29(21-10-12-23(32)13-11-21)27(22-7-5-8-24(33)15-22)16-31(2,30(36)39)17-28(37)38/h4-15,25,27,29,35H,3,16-17,19H2,1-2H3,(H,37,38). The lowest BCUT2D eigenvalue weighted by Crippen LogP contribution is -2.58. The van der Waals surface area contributed by atoms with Gasteiger partial charge < -0.3 is 10.0 Å². The lowest BCUT2D eigenvalue weighted by Gasteiger charge is -2.52. The highest BCUT2D eigenvalue weighted by molar-refractivity contribution is 7.89. The maximum atomic E-state index is 14.4. The smallest absolute Gasteiger partial charge is 0.304 e. The molecule has 42 heavy (non-hydrogen) atoms. The number of benzene rings is 3. The van der Waals surface area contributed by atoms with E-state index in [-0.39, 0.29) is 35.2 Å². The molecule has 1 fully saturated rings. The van der Waals surface area contributed by atoms with E-state index in [9.17, 15) is 28.4 Å². The molecule has 4 atom stereocenters. The lowest BCUT2D eigenvalue weighted by atomic mass is 9.67. The number of nitriles is 1. The Labute approximate surface area is 255 Å². The summed E-state index contributed by atoms with van der Waals surface area (Å²) in [7, 11) is -4.03. The third-order valence-corrected chi connectivity index (χ3v) is 9.69. The van der Waals surface area contributed by atoms with Crippen LogP contribution in [-0.2, 0) is 19.6 Å². The van der Waals surface area contributed by atoms with Gasteiger partial charge in [-0.25, -0.2) is 13.1 Å². The van der Waals surface area contributed by atoms with Crippen LogP contribution >= 0.6 is 23.2 Å². The highest BCUT2D eigenvalue weighted by atomic mass is 35.5. The van der Waals surface area contributed by atoms with Crippen LogP contribution in [0, 0.1) is 16.7 Å². The molecule has 0 bridgehead atoms. The van der Waals surface area contributed by atoms with Gasteiger partial charge in [-0.15, -0.1) is 0 Å². The average molecular weight is 629 g/mol. The molecule has 1 amide bonds. The average Bonchev–Trinajstić information content (AvgIpc) is 2.95. The van der Waals surface area contributed by atoms with Crippen molar-refractivity contribution < 1.29 is 23.1 Å². The van der Waals surface area contributed by atoms with E-state index < -0.39 is 39.9 Å². The number of carbonyl (C=O) groups is 2. The number of carboxylic acids is 1. The third kappa shape index (κ3) is 6.79. The molecule has 0 aliphatic carbocycles. The highest BCUT2D eigenvalue weighted by Crippen LogP contribution is 2.52. The summed E-state index contributed by atoms with van der Waals surface area (Å²) >= 11 is 12.6. The first-order valence-electron chi connectivity index (χ1n) is 13.4. The minimum atomic E-state index is -4.03. The number of piperidine rings is 1. The van der Waals surface area contributed by atoms with Crippen LogP contribution in [0.3, 0.4) is 0 Å². The first-order chi connectivity index (χ1) is 19.9. The van der Waals surface area contributed by atoms with E-state index in [1.54, 1.807) is 30.0 Å². The summed E-state index contributed by atoms with van der Waals surface area (Å²) in [6, 6.07) is 20.8. The topological polar surface area (TPSA) is 128 Å². The van der Waals surface area contributed by atoms with Gasteiger partial charge in [-0.2, -0.15) is 5.26 Å². The van der Waals surface area contributed by atoms with Gasteiger partial charge in [0.1, 0.15) is 0 Å². The fourth-order valence-corrected chi connectivity index (χ4v) is 7.19. The first-order valence-corrected chi connectivity index (χ1v) is 15.7. The number of carbonyl (C=O) groups excluding carboxylic acids is 1. The van der Waals surface area contributed by atoms with Crippen molar-refractivity contribution in [3.8, 4) is 6.07 Å². The molecule has 1 aliphatic rings. The second-order valence-electron chi connectivity index (χ2n) is 10.8. The van der Waals surface area contributed by atoms with Crippen molar-refractivity contribution in [1.29, 1.82) is 5.26 Å². The van der Waals surface area contributed by atoms with Crippen LogP contribution in [0.4, 0.5) is 0 Å². The molecule has 3 aromatic carbocycles. The predicted molar refractivity (Wildman–Crippen MR) is 161 cm³/mol. The Morgan fingerprint density at radius 2 is 1.79 bits per heavy atom. The fraction of sp³-hybridized carbons (Fsp3) is 0.323. The molecule has 3 aromatic rings. The van der Waals surface area contributed by atoms with Crippen molar-refractivity contribution in [3.05, 3.63) is 99.5 Å². The monoisotopic (exact) mass is 627 g/mol. The zero-order valence-corrected chi connectivity index (χ0v) is 25.5. The number of carboxylic acid groups (broad SMARTS) is 1. The van der Waals surface area contributed by atoms with Crippen LogP contribution in [0.1, 0.15) is 61.8 Å². The maximum absolute atomic E-state index is 14.4. The van der Waals surface area contributed by atoms with E-state index in [1.807, 2.05) is 43.3 Å². The Hall–Kier alpha value is -3.42. The number of rotatable bonds is 10. The summed E-state index contributed by atoms with van der Waals surface area (Å²) in [6.07, 6.45) is 0.225. The molecule has 0 spiro atoms. The largest absolute Gasteiger partial charge is 0.481 e. The zero-order chi connectivity index (χ0) is 30.7. The normalized spacial score (nSPS) is 21.5. The van der Waals surface area contributed by atoms with Gasteiger partial charge >= 0.3 is 5.97 Å². The first kappa shape index (κ1) is 31.5. The van der Waals surface area contributed by atoms with Crippen LogP contribution in [0.2, 0.25) is 10.0 Å². The number of sulfonamides is 1. The van der Waals surface area contributed by atoms with Gasteiger partial charge in [-0.1, -0.05) is 67.4 Å². The summed E-state index contributed by atoms with van der Waals surface area (Å²) in [5.74, 6) is -1.84. The highest BCUT2D eigenvalue weighted by Gasteiger charge is 2.52. The molecule has 1 saturated heterocycles. The molecule has 11 heteroatoms. The van der Waals surface area contributed by atoms with E-state index in [4.69, 9.17) is 23.2 Å². The van der Waals surface area contributed by atoms with Crippen LogP contribution in [-0.4, -0.2) is 42.9 Å². The Morgan fingerprint density at radius 3 is 2.40 bits per heavy atom. The SMILES string of the molecule is CCC(CNS(=O)(=O)c1cccc(C#N)c1)N1C(=O)C(C)(CC(=O)O)CC(c2cccc(Cl)c2)C1c1ccc(Cl)cc1. The molecule has 0 radical (unpaired) electrons. The van der Waals surface area contributed by atoms with Gasteiger partial charge in [0.05, 0.1) is 34.4 Å². The molecule has 2 N–H and O–H groups in total. The van der Waals surface area contributed by atoms with Gasteiger partial charge in [-0.3, -0.25) is 9.59 Å². The third-order valence-electron chi connectivity index (χ3n) is 7.78. The molecule has 8 nitrogen and oxygen atoms in total.